The molecule has 0 amide bonds. The van der Waals surface area contributed by atoms with Gasteiger partial charge in [0, 0.05) is 33.8 Å². The summed E-state index contributed by atoms with van der Waals surface area (Å²) in [6.45, 7) is 0. The van der Waals surface area contributed by atoms with Crippen LogP contribution in [0, 0.1) is 17.5 Å². The monoisotopic (exact) mass is 809 g/mol. The molecule has 0 bridgehead atoms. The lowest BCUT2D eigenvalue weighted by atomic mass is 10.1. The number of alkyl halides is 9. The minimum Gasteiger partial charge on any atom is -0.311 e. The number of halogens is 12. The zero-order valence-electron chi connectivity index (χ0n) is 29.6. The van der Waals surface area contributed by atoms with Crippen LogP contribution in [0.1, 0.15) is 50.1 Å². The molecule has 0 aliphatic carbocycles. The average molecular weight is 810 g/mol. The van der Waals surface area contributed by atoms with Crippen molar-refractivity contribution < 1.29 is 52.7 Å². The van der Waals surface area contributed by atoms with Gasteiger partial charge in [-0.1, -0.05) is 91.1 Å². The van der Waals surface area contributed by atoms with Gasteiger partial charge in [0.2, 0.25) is 0 Å². The van der Waals surface area contributed by atoms with Crippen molar-refractivity contribution in [3.63, 3.8) is 0 Å². The van der Waals surface area contributed by atoms with Gasteiger partial charge < -0.3 is 4.90 Å². The summed E-state index contributed by atoms with van der Waals surface area (Å²) in [5.74, 6) is -3.13. The maximum atomic E-state index is 14.4. The van der Waals surface area contributed by atoms with Gasteiger partial charge in [-0.15, -0.1) is 0 Å². The second kappa shape index (κ2) is 16.5. The third-order valence-corrected chi connectivity index (χ3v) is 8.80. The summed E-state index contributed by atoms with van der Waals surface area (Å²) >= 11 is 0. The van der Waals surface area contributed by atoms with Gasteiger partial charge in [-0.3, -0.25) is 0 Å². The molecule has 0 fully saturated rings. The Morgan fingerprint density at radius 1 is 0.310 bits per heavy atom. The second-order valence-electron chi connectivity index (χ2n) is 12.8. The standard InChI is InChI=1S/C45H27F12N/c46-40-25-34(43(49,50)51)16-13-31(40)10-1-28-4-19-37(20-5-28)58(38-21-6-29(7-22-38)2-11-32-14-17-35(26-41(32)47)44(52,53)54)39-23-8-30(9-24-39)3-12-33-15-18-36(27-42(33)48)45(55,56)57/h1-27H/b10-1+,11-2+,12-3+. The quantitative estimate of drug-likeness (QED) is 0.104. The summed E-state index contributed by atoms with van der Waals surface area (Å²) in [5.41, 5.74) is 0.175. The topological polar surface area (TPSA) is 3.24 Å². The predicted octanol–water partition coefficient (Wildman–Crippen LogP) is 15.1. The highest BCUT2D eigenvalue weighted by Crippen LogP contribution is 2.37. The fourth-order valence-electron chi connectivity index (χ4n) is 5.72. The Hall–Kier alpha value is -6.50. The molecule has 6 rings (SSSR count). The molecule has 6 aromatic carbocycles. The van der Waals surface area contributed by atoms with Crippen molar-refractivity contribution in [3.8, 4) is 0 Å². The van der Waals surface area contributed by atoms with Crippen LogP contribution < -0.4 is 4.90 Å². The summed E-state index contributed by atoms with van der Waals surface area (Å²) in [6, 6.07) is 27.4. The first-order valence-corrected chi connectivity index (χ1v) is 17.1. The van der Waals surface area contributed by atoms with Gasteiger partial charge in [0.25, 0.3) is 0 Å². The van der Waals surface area contributed by atoms with Gasteiger partial charge in [-0.2, -0.15) is 39.5 Å². The minimum absolute atomic E-state index is 0.0518. The summed E-state index contributed by atoms with van der Waals surface area (Å²) < 4.78 is 160. The lowest BCUT2D eigenvalue weighted by Gasteiger charge is -2.26. The highest BCUT2D eigenvalue weighted by molar-refractivity contribution is 5.80. The number of nitrogens with zero attached hydrogens (tertiary/aromatic N) is 1. The molecule has 0 heterocycles. The number of hydrogen-bond acceptors (Lipinski definition) is 1. The molecule has 0 saturated carbocycles. The van der Waals surface area contributed by atoms with Gasteiger partial charge in [0.1, 0.15) is 17.5 Å². The van der Waals surface area contributed by atoms with Gasteiger partial charge in [-0.05, 0) is 89.5 Å². The van der Waals surface area contributed by atoms with E-state index in [2.05, 4.69) is 0 Å². The van der Waals surface area contributed by atoms with Crippen molar-refractivity contribution in [2.75, 3.05) is 4.90 Å². The molecule has 296 valence electrons. The first-order chi connectivity index (χ1) is 27.3. The molecule has 13 heteroatoms. The van der Waals surface area contributed by atoms with E-state index in [-0.39, 0.29) is 16.7 Å². The predicted molar refractivity (Wildman–Crippen MR) is 202 cm³/mol. The first-order valence-electron chi connectivity index (χ1n) is 17.1. The largest absolute Gasteiger partial charge is 0.416 e. The fraction of sp³-hybridized carbons (Fsp3) is 0.0667. The van der Waals surface area contributed by atoms with Crippen molar-refractivity contribution in [1.82, 2.24) is 0 Å². The van der Waals surface area contributed by atoms with Crippen LogP contribution in [0.4, 0.5) is 69.7 Å². The molecule has 6 aromatic rings. The van der Waals surface area contributed by atoms with Crippen LogP contribution in [0.2, 0.25) is 0 Å². The van der Waals surface area contributed by atoms with Crippen molar-refractivity contribution in [2.45, 2.75) is 18.5 Å². The van der Waals surface area contributed by atoms with E-state index >= 15 is 0 Å². The fourth-order valence-corrected chi connectivity index (χ4v) is 5.72. The minimum atomic E-state index is -4.69. The van der Waals surface area contributed by atoms with Crippen LogP contribution in [0.25, 0.3) is 36.5 Å². The normalized spacial score (nSPS) is 12.6. The molecule has 0 spiro atoms. The maximum Gasteiger partial charge on any atom is 0.416 e. The van der Waals surface area contributed by atoms with E-state index < -0.39 is 52.7 Å². The number of rotatable bonds is 9. The highest BCUT2D eigenvalue weighted by Gasteiger charge is 2.32. The number of anilines is 3. The van der Waals surface area contributed by atoms with E-state index in [9.17, 15) is 52.7 Å². The molecule has 0 saturated heterocycles. The zero-order chi connectivity index (χ0) is 41.8. The molecule has 0 atom stereocenters. The van der Waals surface area contributed by atoms with Crippen molar-refractivity contribution in [1.29, 1.82) is 0 Å². The Kier molecular flexibility index (Phi) is 11.7. The highest BCUT2D eigenvalue weighted by atomic mass is 19.4. The Labute approximate surface area is 324 Å². The first kappa shape index (κ1) is 41.1. The van der Waals surface area contributed by atoms with Crippen molar-refractivity contribution >= 4 is 53.5 Å². The van der Waals surface area contributed by atoms with Gasteiger partial charge in [-0.25, -0.2) is 13.2 Å². The third kappa shape index (κ3) is 10.1. The third-order valence-electron chi connectivity index (χ3n) is 8.80. The molecule has 1 nitrogen and oxygen atoms in total. The Balaban J connectivity index is 1.27. The molecule has 0 unspecified atom stereocenters. The average Bonchev–Trinajstić information content (AvgIpc) is 3.17. The Morgan fingerprint density at radius 3 is 0.759 bits per heavy atom. The molecule has 0 aliphatic heterocycles. The van der Waals surface area contributed by atoms with Crippen LogP contribution in [0.5, 0.6) is 0 Å². The van der Waals surface area contributed by atoms with E-state index in [1.807, 2.05) is 4.90 Å². The molecular weight excluding hydrogens is 782 g/mol. The van der Waals surface area contributed by atoms with E-state index in [0.29, 0.717) is 52.0 Å². The number of hydrogen-bond donors (Lipinski definition) is 0. The van der Waals surface area contributed by atoms with Crippen LogP contribution >= 0.6 is 0 Å². The smallest absolute Gasteiger partial charge is 0.311 e. The van der Waals surface area contributed by atoms with E-state index in [1.165, 1.54) is 36.5 Å². The van der Waals surface area contributed by atoms with Crippen LogP contribution in [0.3, 0.4) is 0 Å². The second-order valence-corrected chi connectivity index (χ2v) is 12.8. The lowest BCUT2D eigenvalue weighted by Crippen LogP contribution is -2.09. The Morgan fingerprint density at radius 2 is 0.552 bits per heavy atom. The van der Waals surface area contributed by atoms with Gasteiger partial charge in [0.15, 0.2) is 0 Å². The zero-order valence-corrected chi connectivity index (χ0v) is 29.6. The van der Waals surface area contributed by atoms with Crippen LogP contribution in [-0.4, -0.2) is 0 Å². The molecule has 0 aliphatic rings. The molecule has 58 heavy (non-hydrogen) atoms. The summed E-state index contributed by atoms with van der Waals surface area (Å²) in [6.07, 6.45) is -5.47. The summed E-state index contributed by atoms with van der Waals surface area (Å²) in [4.78, 5) is 1.84. The summed E-state index contributed by atoms with van der Waals surface area (Å²) in [5, 5.41) is 0. The molecule has 0 radical (unpaired) electrons. The van der Waals surface area contributed by atoms with Gasteiger partial charge >= 0.3 is 18.5 Å². The van der Waals surface area contributed by atoms with Crippen LogP contribution in [0.15, 0.2) is 127 Å². The molecule has 0 N–H and O–H groups in total. The summed E-state index contributed by atoms with van der Waals surface area (Å²) in [7, 11) is 0. The lowest BCUT2D eigenvalue weighted by molar-refractivity contribution is -0.138. The molecular formula is C45H27F12N. The van der Waals surface area contributed by atoms with Crippen molar-refractivity contribution in [3.05, 3.63) is 195 Å². The maximum absolute atomic E-state index is 14.4. The van der Waals surface area contributed by atoms with E-state index in [1.54, 1.807) is 72.8 Å². The van der Waals surface area contributed by atoms with E-state index in [0.717, 1.165) is 36.4 Å². The van der Waals surface area contributed by atoms with Crippen molar-refractivity contribution in [2.24, 2.45) is 0 Å². The number of benzene rings is 6. The van der Waals surface area contributed by atoms with E-state index in [4.69, 9.17) is 0 Å². The molecule has 0 aromatic heterocycles. The van der Waals surface area contributed by atoms with Crippen LogP contribution in [-0.2, 0) is 18.5 Å². The SMILES string of the molecule is Fc1cc(C(F)(F)F)ccc1/C=C/c1ccc(N(c2ccc(/C=C/c3ccc(C(F)(F)F)cc3F)cc2)c2ccc(/C=C/c3ccc(C(F)(F)F)cc3F)cc2)cc1. The van der Waals surface area contributed by atoms with Gasteiger partial charge in [0.05, 0.1) is 16.7 Å². The Bertz CT molecular complexity index is 2190.